The highest BCUT2D eigenvalue weighted by molar-refractivity contribution is 9.11. The second-order valence-electron chi connectivity index (χ2n) is 3.26. The summed E-state index contributed by atoms with van der Waals surface area (Å²) < 4.78 is 13.8. The molecule has 3 nitrogen and oxygen atoms in total. The van der Waals surface area contributed by atoms with Gasteiger partial charge >= 0.3 is 0 Å². The van der Waals surface area contributed by atoms with Crippen molar-refractivity contribution in [1.82, 2.24) is 10.3 Å². The van der Waals surface area contributed by atoms with E-state index in [2.05, 4.69) is 26.2 Å². The monoisotopic (exact) mass is 314 g/mol. The number of hydrogen-bond donors (Lipinski definition) is 1. The third-order valence-corrected chi connectivity index (χ3v) is 3.66. The van der Waals surface area contributed by atoms with E-state index < -0.39 is 5.95 Å². The van der Waals surface area contributed by atoms with Crippen molar-refractivity contribution in [2.24, 2.45) is 0 Å². The summed E-state index contributed by atoms with van der Waals surface area (Å²) in [5.74, 6) is -0.965. The van der Waals surface area contributed by atoms with Gasteiger partial charge in [-0.2, -0.15) is 4.39 Å². The lowest BCUT2D eigenvalue weighted by Crippen LogP contribution is -2.22. The molecule has 0 aliphatic rings. The first kappa shape index (κ1) is 12.2. The predicted octanol–water partition coefficient (Wildman–Crippen LogP) is 2.97. The Morgan fingerprint density at radius 3 is 2.94 bits per heavy atom. The molecule has 6 heteroatoms. The van der Waals surface area contributed by atoms with Gasteiger partial charge in [-0.25, -0.2) is 4.98 Å². The highest BCUT2D eigenvalue weighted by Gasteiger charge is 2.07. The molecule has 0 bridgehead atoms. The standard InChI is InChI=1S/C11H8BrFN2OS/c12-9-2-1-8(17-9)6-15-11(16)7-3-4-14-10(13)5-7/h1-5H,6H2,(H,15,16). The summed E-state index contributed by atoms with van der Waals surface area (Å²) in [4.78, 5) is 16.1. The van der Waals surface area contributed by atoms with Crippen LogP contribution in [-0.4, -0.2) is 10.9 Å². The zero-order valence-electron chi connectivity index (χ0n) is 8.61. The fraction of sp³-hybridized carbons (Fsp3) is 0.0909. The van der Waals surface area contributed by atoms with Crippen molar-refractivity contribution in [3.8, 4) is 0 Å². The topological polar surface area (TPSA) is 42.0 Å². The van der Waals surface area contributed by atoms with Crippen molar-refractivity contribution in [3.63, 3.8) is 0 Å². The third-order valence-electron chi connectivity index (χ3n) is 2.04. The highest BCUT2D eigenvalue weighted by Crippen LogP contribution is 2.21. The largest absolute Gasteiger partial charge is 0.347 e. The van der Waals surface area contributed by atoms with Crippen LogP contribution in [0.5, 0.6) is 0 Å². The van der Waals surface area contributed by atoms with Gasteiger partial charge in [0.15, 0.2) is 0 Å². The first-order chi connectivity index (χ1) is 8.15. The lowest BCUT2D eigenvalue weighted by molar-refractivity contribution is 0.0950. The fourth-order valence-electron chi connectivity index (χ4n) is 1.26. The van der Waals surface area contributed by atoms with Crippen LogP contribution >= 0.6 is 27.3 Å². The van der Waals surface area contributed by atoms with E-state index in [9.17, 15) is 9.18 Å². The SMILES string of the molecule is O=C(NCc1ccc(Br)s1)c1ccnc(F)c1. The number of rotatable bonds is 3. The summed E-state index contributed by atoms with van der Waals surface area (Å²) in [5.41, 5.74) is 0.271. The Labute approximate surface area is 110 Å². The van der Waals surface area contributed by atoms with Gasteiger partial charge in [0.2, 0.25) is 5.95 Å². The van der Waals surface area contributed by atoms with E-state index in [0.29, 0.717) is 6.54 Å². The predicted molar refractivity (Wildman–Crippen MR) is 67.4 cm³/mol. The average molecular weight is 315 g/mol. The number of nitrogens with one attached hydrogen (secondary N) is 1. The van der Waals surface area contributed by atoms with Gasteiger partial charge in [0, 0.05) is 22.7 Å². The van der Waals surface area contributed by atoms with Crippen LogP contribution in [0.2, 0.25) is 0 Å². The van der Waals surface area contributed by atoms with Crippen LogP contribution in [0, 0.1) is 5.95 Å². The molecule has 0 aliphatic heterocycles. The van der Waals surface area contributed by atoms with Crippen molar-refractivity contribution < 1.29 is 9.18 Å². The van der Waals surface area contributed by atoms with Gasteiger partial charge in [-0.15, -0.1) is 11.3 Å². The Balaban J connectivity index is 1.98. The summed E-state index contributed by atoms with van der Waals surface area (Å²) in [6.07, 6.45) is 1.27. The van der Waals surface area contributed by atoms with E-state index in [-0.39, 0.29) is 11.5 Å². The molecule has 2 heterocycles. The first-order valence-electron chi connectivity index (χ1n) is 4.79. The Morgan fingerprint density at radius 2 is 2.29 bits per heavy atom. The molecule has 17 heavy (non-hydrogen) atoms. The van der Waals surface area contributed by atoms with Crippen molar-refractivity contribution >= 4 is 33.2 Å². The minimum atomic E-state index is -0.656. The van der Waals surface area contributed by atoms with Gasteiger partial charge in [0.05, 0.1) is 10.3 Å². The molecular formula is C11H8BrFN2OS. The summed E-state index contributed by atoms with van der Waals surface area (Å²) >= 11 is 4.89. The summed E-state index contributed by atoms with van der Waals surface area (Å²) in [6.45, 7) is 0.430. The number of aromatic nitrogens is 1. The van der Waals surface area contributed by atoms with E-state index in [0.717, 1.165) is 14.7 Å². The molecule has 2 aromatic heterocycles. The van der Waals surface area contributed by atoms with E-state index in [4.69, 9.17) is 0 Å². The molecular weight excluding hydrogens is 307 g/mol. The van der Waals surface area contributed by atoms with Crippen LogP contribution in [-0.2, 0) is 6.54 Å². The molecule has 0 aromatic carbocycles. The molecule has 0 saturated carbocycles. The zero-order chi connectivity index (χ0) is 12.3. The maximum Gasteiger partial charge on any atom is 0.251 e. The van der Waals surface area contributed by atoms with Crippen molar-refractivity contribution in [2.45, 2.75) is 6.54 Å². The van der Waals surface area contributed by atoms with Crippen LogP contribution < -0.4 is 5.32 Å². The van der Waals surface area contributed by atoms with Gasteiger partial charge in [0.25, 0.3) is 5.91 Å². The Morgan fingerprint density at radius 1 is 1.47 bits per heavy atom. The van der Waals surface area contributed by atoms with E-state index in [1.54, 1.807) is 11.3 Å². The van der Waals surface area contributed by atoms with E-state index >= 15 is 0 Å². The normalized spacial score (nSPS) is 10.2. The van der Waals surface area contributed by atoms with Crippen LogP contribution in [0.3, 0.4) is 0 Å². The molecule has 0 spiro atoms. The number of halogens is 2. The molecule has 0 aliphatic carbocycles. The average Bonchev–Trinajstić information content (AvgIpc) is 2.72. The second-order valence-corrected chi connectivity index (χ2v) is 5.80. The third kappa shape index (κ3) is 3.34. The minimum absolute atomic E-state index is 0.271. The van der Waals surface area contributed by atoms with E-state index in [1.807, 2.05) is 12.1 Å². The number of carbonyl (C=O) groups is 1. The fourth-order valence-corrected chi connectivity index (χ4v) is 2.68. The molecule has 88 valence electrons. The zero-order valence-corrected chi connectivity index (χ0v) is 11.0. The number of pyridine rings is 1. The highest BCUT2D eigenvalue weighted by atomic mass is 79.9. The molecule has 0 fully saturated rings. The van der Waals surface area contributed by atoms with Crippen molar-refractivity contribution in [1.29, 1.82) is 0 Å². The molecule has 0 unspecified atom stereocenters. The van der Waals surface area contributed by atoms with E-state index in [1.165, 1.54) is 12.3 Å². The van der Waals surface area contributed by atoms with Crippen LogP contribution in [0.4, 0.5) is 4.39 Å². The Kier molecular flexibility index (Phi) is 3.86. The number of hydrogen-bond acceptors (Lipinski definition) is 3. The van der Waals surface area contributed by atoms with Gasteiger partial charge in [-0.05, 0) is 34.1 Å². The number of carbonyl (C=O) groups excluding carboxylic acids is 1. The summed E-state index contributed by atoms with van der Waals surface area (Å²) in [5, 5.41) is 2.71. The smallest absolute Gasteiger partial charge is 0.251 e. The second kappa shape index (κ2) is 5.37. The molecule has 1 amide bonds. The van der Waals surface area contributed by atoms with Crippen LogP contribution in [0.25, 0.3) is 0 Å². The number of nitrogens with zero attached hydrogens (tertiary/aromatic N) is 1. The van der Waals surface area contributed by atoms with Crippen LogP contribution in [0.15, 0.2) is 34.2 Å². The Bertz CT molecular complexity index is 544. The maximum absolute atomic E-state index is 12.8. The lowest BCUT2D eigenvalue weighted by atomic mass is 10.2. The van der Waals surface area contributed by atoms with Crippen LogP contribution in [0.1, 0.15) is 15.2 Å². The molecule has 0 radical (unpaired) electrons. The van der Waals surface area contributed by atoms with Gasteiger partial charge in [-0.3, -0.25) is 4.79 Å². The molecule has 2 rings (SSSR count). The maximum atomic E-state index is 12.8. The number of thiophene rings is 1. The first-order valence-corrected chi connectivity index (χ1v) is 6.40. The summed E-state index contributed by atoms with van der Waals surface area (Å²) in [7, 11) is 0. The molecule has 1 N–H and O–H groups in total. The molecule has 0 atom stereocenters. The lowest BCUT2D eigenvalue weighted by Gasteiger charge is -2.03. The quantitative estimate of drug-likeness (QED) is 0.885. The summed E-state index contributed by atoms with van der Waals surface area (Å²) in [6, 6.07) is 6.42. The van der Waals surface area contributed by atoms with Crippen molar-refractivity contribution in [2.75, 3.05) is 0 Å². The minimum Gasteiger partial charge on any atom is -0.347 e. The van der Waals surface area contributed by atoms with Gasteiger partial charge in [0.1, 0.15) is 0 Å². The molecule has 0 saturated heterocycles. The molecule has 2 aromatic rings. The Hall–Kier alpha value is -1.27. The van der Waals surface area contributed by atoms with Crippen molar-refractivity contribution in [3.05, 3.63) is 50.6 Å². The number of amides is 1. The van der Waals surface area contributed by atoms with Gasteiger partial charge in [-0.1, -0.05) is 0 Å². The van der Waals surface area contributed by atoms with Gasteiger partial charge < -0.3 is 5.32 Å².